The number of rotatable bonds is 3. The molecule has 4 rings (SSSR count). The summed E-state index contributed by atoms with van der Waals surface area (Å²) in [4.78, 5) is 23.1. The first-order valence-corrected chi connectivity index (χ1v) is 7.85. The summed E-state index contributed by atoms with van der Waals surface area (Å²) in [6.07, 6.45) is 4.12. The second kappa shape index (κ2) is 6.12. The number of hydrogen-bond acceptors (Lipinski definition) is 4. The molecule has 3 aromatic rings. The summed E-state index contributed by atoms with van der Waals surface area (Å²) < 4.78 is 0. The lowest BCUT2D eigenvalue weighted by molar-refractivity contribution is 0.102. The summed E-state index contributed by atoms with van der Waals surface area (Å²) in [5, 5.41) is 2.83. The molecule has 118 valence electrons. The third kappa shape index (κ3) is 2.72. The van der Waals surface area contributed by atoms with E-state index in [2.05, 4.69) is 32.3 Å². The van der Waals surface area contributed by atoms with Crippen molar-refractivity contribution in [3.8, 4) is 0 Å². The van der Waals surface area contributed by atoms with Crippen molar-refractivity contribution in [2.45, 2.75) is 6.42 Å². The lowest BCUT2D eigenvalue weighted by Crippen LogP contribution is -2.18. The maximum absolute atomic E-state index is 12.2. The second-order valence-electron chi connectivity index (χ2n) is 5.62. The maximum Gasteiger partial charge on any atom is 0.258 e. The Bertz CT molecular complexity index is 862. The highest BCUT2D eigenvalue weighted by atomic mass is 16.1. The first-order chi connectivity index (χ1) is 11.8. The standard InChI is InChI=1S/C19H16N4O/c24-18(22-16-7-2-1-3-8-16)15-12-20-19(21-13-15)23-11-10-14-6-4-5-9-17(14)23/h1-9,12-13H,10-11H2,(H,22,24). The van der Waals surface area contributed by atoms with Crippen LogP contribution in [0, 0.1) is 0 Å². The molecule has 24 heavy (non-hydrogen) atoms. The van der Waals surface area contributed by atoms with Crippen LogP contribution in [0.2, 0.25) is 0 Å². The molecule has 1 aromatic heterocycles. The van der Waals surface area contributed by atoms with Gasteiger partial charge in [-0.2, -0.15) is 0 Å². The summed E-state index contributed by atoms with van der Waals surface area (Å²) in [6, 6.07) is 17.6. The van der Waals surface area contributed by atoms with Crippen molar-refractivity contribution < 1.29 is 4.79 Å². The summed E-state index contributed by atoms with van der Waals surface area (Å²) in [5.41, 5.74) is 3.63. The van der Waals surface area contributed by atoms with Gasteiger partial charge in [-0.05, 0) is 30.2 Å². The van der Waals surface area contributed by atoms with Crippen LogP contribution >= 0.6 is 0 Å². The van der Waals surface area contributed by atoms with E-state index in [1.807, 2.05) is 42.5 Å². The van der Waals surface area contributed by atoms with Crippen LogP contribution in [0.15, 0.2) is 67.0 Å². The lowest BCUT2D eigenvalue weighted by Gasteiger charge is -2.16. The smallest absolute Gasteiger partial charge is 0.258 e. The molecule has 0 radical (unpaired) electrons. The Kier molecular flexibility index (Phi) is 3.67. The molecule has 5 heteroatoms. The normalized spacial score (nSPS) is 12.8. The first kappa shape index (κ1) is 14.4. The minimum atomic E-state index is -0.213. The van der Waals surface area contributed by atoms with Crippen LogP contribution in [0.5, 0.6) is 0 Å². The Morgan fingerprint density at radius 2 is 1.67 bits per heavy atom. The zero-order chi connectivity index (χ0) is 16.4. The Hall–Kier alpha value is -3.21. The molecule has 0 fully saturated rings. The van der Waals surface area contributed by atoms with E-state index < -0.39 is 0 Å². The third-order valence-corrected chi connectivity index (χ3v) is 4.06. The van der Waals surface area contributed by atoms with Crippen LogP contribution in [-0.2, 0) is 6.42 Å². The number of para-hydroxylation sites is 2. The van der Waals surface area contributed by atoms with Gasteiger partial charge < -0.3 is 10.2 Å². The molecule has 2 heterocycles. The fraction of sp³-hybridized carbons (Fsp3) is 0.105. The maximum atomic E-state index is 12.2. The predicted octanol–water partition coefficient (Wildman–Crippen LogP) is 3.42. The summed E-state index contributed by atoms with van der Waals surface area (Å²) in [5.74, 6) is 0.408. The molecule has 2 aromatic carbocycles. The Labute approximate surface area is 140 Å². The largest absolute Gasteiger partial charge is 0.322 e. The zero-order valence-electron chi connectivity index (χ0n) is 13.0. The van der Waals surface area contributed by atoms with Gasteiger partial charge in [0.1, 0.15) is 0 Å². The summed E-state index contributed by atoms with van der Waals surface area (Å²) in [7, 11) is 0. The van der Waals surface area contributed by atoms with Crippen molar-refractivity contribution in [1.29, 1.82) is 0 Å². The zero-order valence-corrected chi connectivity index (χ0v) is 13.0. The van der Waals surface area contributed by atoms with E-state index in [1.54, 1.807) is 12.4 Å². The fourth-order valence-corrected chi connectivity index (χ4v) is 2.85. The quantitative estimate of drug-likeness (QED) is 0.804. The SMILES string of the molecule is O=C(Nc1ccccc1)c1cnc(N2CCc3ccccc32)nc1. The van der Waals surface area contributed by atoms with Crippen LogP contribution in [0.25, 0.3) is 0 Å². The molecule has 5 nitrogen and oxygen atoms in total. The number of hydrogen-bond donors (Lipinski definition) is 1. The molecule has 1 aliphatic rings. The minimum absolute atomic E-state index is 0.213. The van der Waals surface area contributed by atoms with Crippen molar-refractivity contribution in [2.75, 3.05) is 16.8 Å². The number of nitrogens with zero attached hydrogens (tertiary/aromatic N) is 3. The number of nitrogens with one attached hydrogen (secondary N) is 1. The molecule has 0 aliphatic carbocycles. The molecular formula is C19H16N4O. The molecule has 0 spiro atoms. The molecule has 1 amide bonds. The van der Waals surface area contributed by atoms with Crippen LogP contribution in [0.1, 0.15) is 15.9 Å². The van der Waals surface area contributed by atoms with E-state index in [9.17, 15) is 4.79 Å². The van der Waals surface area contributed by atoms with Crippen LogP contribution in [0.4, 0.5) is 17.3 Å². The molecule has 0 atom stereocenters. The molecule has 1 N–H and O–H groups in total. The van der Waals surface area contributed by atoms with Gasteiger partial charge in [0.15, 0.2) is 0 Å². The van der Waals surface area contributed by atoms with Gasteiger partial charge in [0.2, 0.25) is 5.95 Å². The predicted molar refractivity (Wildman–Crippen MR) is 93.6 cm³/mol. The van der Waals surface area contributed by atoms with Gasteiger partial charge in [-0.15, -0.1) is 0 Å². The minimum Gasteiger partial charge on any atom is -0.322 e. The Balaban J connectivity index is 1.52. The monoisotopic (exact) mass is 316 g/mol. The van der Waals surface area contributed by atoms with Crippen LogP contribution < -0.4 is 10.2 Å². The van der Waals surface area contributed by atoms with E-state index in [0.717, 1.165) is 24.3 Å². The van der Waals surface area contributed by atoms with Gasteiger partial charge in [-0.3, -0.25) is 4.79 Å². The highest BCUT2D eigenvalue weighted by Crippen LogP contribution is 2.31. The van der Waals surface area contributed by atoms with Crippen molar-refractivity contribution in [1.82, 2.24) is 9.97 Å². The fourth-order valence-electron chi connectivity index (χ4n) is 2.85. The van der Waals surface area contributed by atoms with E-state index >= 15 is 0 Å². The number of fused-ring (bicyclic) bond motifs is 1. The number of aromatic nitrogens is 2. The number of carbonyl (C=O) groups excluding carboxylic acids is 1. The van der Waals surface area contributed by atoms with Crippen molar-refractivity contribution in [3.05, 3.63) is 78.1 Å². The lowest BCUT2D eigenvalue weighted by atomic mass is 10.2. The highest BCUT2D eigenvalue weighted by molar-refractivity contribution is 6.03. The van der Waals surface area contributed by atoms with Crippen LogP contribution in [-0.4, -0.2) is 22.4 Å². The van der Waals surface area contributed by atoms with Crippen molar-refractivity contribution in [3.63, 3.8) is 0 Å². The van der Waals surface area contributed by atoms with Gasteiger partial charge in [-0.25, -0.2) is 9.97 Å². The molecule has 0 bridgehead atoms. The molecule has 1 aliphatic heterocycles. The van der Waals surface area contributed by atoms with Gasteiger partial charge in [-0.1, -0.05) is 36.4 Å². The number of amides is 1. The Morgan fingerprint density at radius 1 is 0.958 bits per heavy atom. The number of carbonyl (C=O) groups is 1. The second-order valence-corrected chi connectivity index (χ2v) is 5.62. The molecular weight excluding hydrogens is 300 g/mol. The summed E-state index contributed by atoms with van der Waals surface area (Å²) in [6.45, 7) is 0.856. The van der Waals surface area contributed by atoms with Gasteiger partial charge in [0, 0.05) is 30.3 Å². The van der Waals surface area contributed by atoms with Gasteiger partial charge in [0.25, 0.3) is 5.91 Å². The van der Waals surface area contributed by atoms with E-state index in [4.69, 9.17) is 0 Å². The van der Waals surface area contributed by atoms with Gasteiger partial charge in [0.05, 0.1) is 5.56 Å². The molecule has 0 saturated heterocycles. The van der Waals surface area contributed by atoms with Gasteiger partial charge >= 0.3 is 0 Å². The number of anilines is 3. The average molecular weight is 316 g/mol. The number of benzene rings is 2. The first-order valence-electron chi connectivity index (χ1n) is 7.85. The van der Waals surface area contributed by atoms with E-state index in [0.29, 0.717) is 11.5 Å². The highest BCUT2D eigenvalue weighted by Gasteiger charge is 2.21. The van der Waals surface area contributed by atoms with Crippen molar-refractivity contribution in [2.24, 2.45) is 0 Å². The topological polar surface area (TPSA) is 58.1 Å². The van der Waals surface area contributed by atoms with E-state index in [1.165, 1.54) is 5.56 Å². The molecule has 0 saturated carbocycles. The van der Waals surface area contributed by atoms with Crippen LogP contribution in [0.3, 0.4) is 0 Å². The molecule has 0 unspecified atom stereocenters. The third-order valence-electron chi connectivity index (χ3n) is 4.06. The Morgan fingerprint density at radius 3 is 2.46 bits per heavy atom. The van der Waals surface area contributed by atoms with E-state index in [-0.39, 0.29) is 5.91 Å². The summed E-state index contributed by atoms with van der Waals surface area (Å²) >= 11 is 0. The average Bonchev–Trinajstić information content (AvgIpc) is 3.07. The van der Waals surface area contributed by atoms with Crippen molar-refractivity contribution >= 4 is 23.2 Å².